The highest BCUT2D eigenvalue weighted by atomic mass is 16.6. The summed E-state index contributed by atoms with van der Waals surface area (Å²) in [7, 11) is 0. The molecule has 2 heterocycles. The van der Waals surface area contributed by atoms with Gasteiger partial charge in [0.1, 0.15) is 6.33 Å². The fourth-order valence-electron chi connectivity index (χ4n) is 3.27. The van der Waals surface area contributed by atoms with E-state index in [1.54, 1.807) is 0 Å². The van der Waals surface area contributed by atoms with Crippen molar-refractivity contribution in [2.45, 2.75) is 13.8 Å². The average Bonchev–Trinajstić information content (AvgIpc) is 2.64. The number of aliphatic hydroxyl groups is 1. The fourth-order valence-corrected chi connectivity index (χ4v) is 3.27. The van der Waals surface area contributed by atoms with Gasteiger partial charge in [0.2, 0.25) is 11.6 Å². The van der Waals surface area contributed by atoms with E-state index in [9.17, 15) is 10.1 Å². The Labute approximate surface area is 157 Å². The van der Waals surface area contributed by atoms with Gasteiger partial charge in [0.05, 0.1) is 11.5 Å². The first-order valence-corrected chi connectivity index (χ1v) is 8.91. The fraction of sp³-hybridized carbons (Fsp3) is 0.444. The number of benzene rings is 1. The average molecular weight is 372 g/mol. The normalized spacial score (nSPS) is 15.0. The van der Waals surface area contributed by atoms with Crippen LogP contribution in [0.3, 0.4) is 0 Å². The first kappa shape index (κ1) is 19.0. The third kappa shape index (κ3) is 4.32. The van der Waals surface area contributed by atoms with Crippen LogP contribution in [0.2, 0.25) is 0 Å². The molecule has 1 aliphatic heterocycles. The van der Waals surface area contributed by atoms with E-state index in [0.29, 0.717) is 25.5 Å². The van der Waals surface area contributed by atoms with E-state index in [1.807, 2.05) is 36.9 Å². The second-order valence-electron chi connectivity index (χ2n) is 6.65. The molecule has 0 saturated carbocycles. The van der Waals surface area contributed by atoms with Crippen LogP contribution < -0.4 is 10.2 Å². The molecule has 0 bridgehead atoms. The van der Waals surface area contributed by atoms with E-state index in [0.717, 1.165) is 29.9 Å². The molecule has 1 saturated heterocycles. The van der Waals surface area contributed by atoms with Crippen LogP contribution in [-0.4, -0.2) is 64.2 Å². The van der Waals surface area contributed by atoms with E-state index in [4.69, 9.17) is 5.11 Å². The zero-order chi connectivity index (χ0) is 19.4. The molecule has 0 unspecified atom stereocenters. The Morgan fingerprint density at radius 3 is 2.59 bits per heavy atom. The molecule has 0 aliphatic carbocycles. The second-order valence-corrected chi connectivity index (χ2v) is 6.65. The predicted octanol–water partition coefficient (Wildman–Crippen LogP) is 1.86. The molecule has 1 aromatic heterocycles. The molecular formula is C18H24N6O3. The number of nitrogens with zero attached hydrogens (tertiary/aromatic N) is 5. The number of anilines is 3. The van der Waals surface area contributed by atoms with Crippen LogP contribution in [0, 0.1) is 24.0 Å². The van der Waals surface area contributed by atoms with Crippen molar-refractivity contribution in [1.29, 1.82) is 0 Å². The summed E-state index contributed by atoms with van der Waals surface area (Å²) < 4.78 is 0. The van der Waals surface area contributed by atoms with E-state index < -0.39 is 4.92 Å². The minimum Gasteiger partial charge on any atom is -0.395 e. The summed E-state index contributed by atoms with van der Waals surface area (Å²) in [6, 6.07) is 5.85. The van der Waals surface area contributed by atoms with Gasteiger partial charge in [-0.2, -0.15) is 0 Å². The maximum absolute atomic E-state index is 11.8. The minimum atomic E-state index is -0.429. The van der Waals surface area contributed by atoms with Crippen molar-refractivity contribution in [1.82, 2.24) is 14.9 Å². The summed E-state index contributed by atoms with van der Waals surface area (Å²) >= 11 is 0. The molecule has 2 N–H and O–H groups in total. The Balaban J connectivity index is 1.88. The third-order valence-electron chi connectivity index (χ3n) is 4.71. The molecule has 9 nitrogen and oxygen atoms in total. The van der Waals surface area contributed by atoms with Crippen molar-refractivity contribution in [2.75, 3.05) is 49.5 Å². The van der Waals surface area contributed by atoms with Crippen molar-refractivity contribution in [2.24, 2.45) is 0 Å². The Morgan fingerprint density at radius 1 is 1.22 bits per heavy atom. The van der Waals surface area contributed by atoms with Gasteiger partial charge in [-0.05, 0) is 25.5 Å². The zero-order valence-corrected chi connectivity index (χ0v) is 15.6. The number of aromatic nitrogens is 2. The molecule has 3 rings (SSSR count). The molecule has 9 heteroatoms. The van der Waals surface area contributed by atoms with Crippen molar-refractivity contribution in [3.63, 3.8) is 0 Å². The topological polar surface area (TPSA) is 108 Å². The predicted molar refractivity (Wildman–Crippen MR) is 104 cm³/mol. The zero-order valence-electron chi connectivity index (χ0n) is 15.6. The van der Waals surface area contributed by atoms with Gasteiger partial charge >= 0.3 is 5.69 Å². The van der Waals surface area contributed by atoms with Crippen LogP contribution in [0.1, 0.15) is 11.1 Å². The smallest absolute Gasteiger partial charge is 0.353 e. The van der Waals surface area contributed by atoms with Crippen LogP contribution in [0.25, 0.3) is 0 Å². The Morgan fingerprint density at radius 2 is 1.96 bits per heavy atom. The van der Waals surface area contributed by atoms with Crippen molar-refractivity contribution >= 4 is 23.0 Å². The van der Waals surface area contributed by atoms with Gasteiger partial charge in [-0.15, -0.1) is 0 Å². The second kappa shape index (κ2) is 8.28. The summed E-state index contributed by atoms with van der Waals surface area (Å²) in [5, 5.41) is 24.0. The lowest BCUT2D eigenvalue weighted by Gasteiger charge is -2.34. The monoisotopic (exact) mass is 372 g/mol. The van der Waals surface area contributed by atoms with Gasteiger partial charge in [0, 0.05) is 38.4 Å². The molecule has 1 aromatic carbocycles. The standard InChI is InChI=1S/C18H24N6O3/c1-13-3-4-15(14(2)11-13)21-17-16(24(26)27)18(20-12-19-17)23-7-5-22(6-8-23)9-10-25/h3-4,11-12,25H,5-10H2,1-2H3,(H,19,20,21). The van der Waals surface area contributed by atoms with Crippen molar-refractivity contribution in [3.8, 4) is 0 Å². The summed E-state index contributed by atoms with van der Waals surface area (Å²) in [5.41, 5.74) is 2.77. The maximum Gasteiger partial charge on any atom is 0.353 e. The van der Waals surface area contributed by atoms with Crippen molar-refractivity contribution < 1.29 is 10.0 Å². The summed E-state index contributed by atoms with van der Waals surface area (Å²) in [6.07, 6.45) is 1.36. The van der Waals surface area contributed by atoms with Crippen LogP contribution in [0.15, 0.2) is 24.5 Å². The molecule has 1 aliphatic rings. The SMILES string of the molecule is Cc1ccc(Nc2ncnc(N3CCN(CCO)CC3)c2[N+](=O)[O-])c(C)c1. The quantitative estimate of drug-likeness (QED) is 0.584. The van der Waals surface area contributed by atoms with Gasteiger partial charge in [-0.1, -0.05) is 17.7 Å². The van der Waals surface area contributed by atoms with Gasteiger partial charge in [0.15, 0.2) is 0 Å². The Bertz CT molecular complexity index is 821. The lowest BCUT2D eigenvalue weighted by atomic mass is 10.1. The Kier molecular flexibility index (Phi) is 5.82. The highest BCUT2D eigenvalue weighted by Crippen LogP contribution is 2.34. The third-order valence-corrected chi connectivity index (χ3v) is 4.71. The van der Waals surface area contributed by atoms with Crippen LogP contribution in [0.4, 0.5) is 23.0 Å². The number of piperazine rings is 1. The number of nitrogens with one attached hydrogen (secondary N) is 1. The number of aryl methyl sites for hydroxylation is 2. The maximum atomic E-state index is 11.8. The van der Waals surface area contributed by atoms with E-state index >= 15 is 0 Å². The number of β-amino-alcohol motifs (C(OH)–C–C–N with tert-alkyl or cyclic N) is 1. The summed E-state index contributed by atoms with van der Waals surface area (Å²) in [4.78, 5) is 23.7. The summed E-state index contributed by atoms with van der Waals surface area (Å²) in [5.74, 6) is 0.514. The van der Waals surface area contributed by atoms with Gasteiger partial charge in [0.25, 0.3) is 0 Å². The number of rotatable bonds is 6. The van der Waals surface area contributed by atoms with E-state index in [2.05, 4.69) is 20.2 Å². The van der Waals surface area contributed by atoms with Gasteiger partial charge < -0.3 is 15.3 Å². The molecule has 1 fully saturated rings. The first-order valence-electron chi connectivity index (χ1n) is 8.91. The number of nitro groups is 1. The molecule has 0 radical (unpaired) electrons. The first-order chi connectivity index (χ1) is 13.0. The van der Waals surface area contributed by atoms with E-state index in [1.165, 1.54) is 6.33 Å². The molecule has 27 heavy (non-hydrogen) atoms. The minimum absolute atomic E-state index is 0.109. The Hall–Kier alpha value is -2.78. The lowest BCUT2D eigenvalue weighted by Crippen LogP contribution is -2.47. The van der Waals surface area contributed by atoms with Crippen LogP contribution >= 0.6 is 0 Å². The van der Waals surface area contributed by atoms with Gasteiger partial charge in [-0.3, -0.25) is 15.0 Å². The molecule has 0 atom stereocenters. The molecule has 144 valence electrons. The molecule has 2 aromatic rings. The highest BCUT2D eigenvalue weighted by Gasteiger charge is 2.29. The van der Waals surface area contributed by atoms with Crippen molar-refractivity contribution in [3.05, 3.63) is 45.8 Å². The number of hydrogen-bond donors (Lipinski definition) is 2. The highest BCUT2D eigenvalue weighted by molar-refractivity contribution is 5.75. The lowest BCUT2D eigenvalue weighted by molar-refractivity contribution is -0.383. The largest absolute Gasteiger partial charge is 0.395 e. The van der Waals surface area contributed by atoms with Crippen LogP contribution in [-0.2, 0) is 0 Å². The van der Waals surface area contributed by atoms with E-state index in [-0.39, 0.29) is 18.1 Å². The number of hydrogen-bond acceptors (Lipinski definition) is 8. The summed E-state index contributed by atoms with van der Waals surface area (Å²) in [6.45, 7) is 7.34. The molecule has 0 amide bonds. The van der Waals surface area contributed by atoms with Gasteiger partial charge in [-0.25, -0.2) is 9.97 Å². The number of aliphatic hydroxyl groups excluding tert-OH is 1. The van der Waals surface area contributed by atoms with Crippen LogP contribution in [0.5, 0.6) is 0 Å². The molecular weight excluding hydrogens is 348 g/mol. The molecule has 0 spiro atoms.